The molecule has 1 aliphatic carbocycles. The van der Waals surface area contributed by atoms with Crippen LogP contribution < -0.4 is 19.1 Å². The van der Waals surface area contributed by atoms with E-state index in [-0.39, 0.29) is 29.1 Å². The number of ether oxygens (including phenoxy) is 2. The van der Waals surface area contributed by atoms with Crippen molar-refractivity contribution < 1.29 is 27.5 Å². The average molecular weight is 691 g/mol. The number of rotatable bonds is 12. The Balaban J connectivity index is 1.75. The fourth-order valence-electron chi connectivity index (χ4n) is 5.71. The van der Waals surface area contributed by atoms with E-state index in [0.29, 0.717) is 27.0 Å². The van der Waals surface area contributed by atoms with E-state index in [4.69, 9.17) is 32.7 Å². The number of halogens is 2. The molecule has 12 heteroatoms. The van der Waals surface area contributed by atoms with Crippen LogP contribution in [0.2, 0.25) is 10.0 Å². The molecule has 1 aliphatic rings. The first-order valence-electron chi connectivity index (χ1n) is 15.2. The number of hydrogen-bond donors (Lipinski definition) is 1. The van der Waals surface area contributed by atoms with Crippen LogP contribution in [0.4, 0.5) is 5.69 Å². The Bertz CT molecular complexity index is 1660. The summed E-state index contributed by atoms with van der Waals surface area (Å²) in [6.45, 7) is 4.74. The van der Waals surface area contributed by atoms with Crippen molar-refractivity contribution in [3.05, 3.63) is 81.3 Å². The number of nitrogens with zero attached hydrogens (tertiary/aromatic N) is 2. The molecular weight excluding hydrogens is 649 g/mol. The van der Waals surface area contributed by atoms with E-state index >= 15 is 0 Å². The Hall–Kier alpha value is -3.47. The quantitative estimate of drug-likeness (QED) is 0.227. The molecule has 9 nitrogen and oxygen atoms in total. The highest BCUT2D eigenvalue weighted by atomic mass is 35.5. The lowest BCUT2D eigenvalue weighted by Gasteiger charge is -2.33. The highest BCUT2D eigenvalue weighted by molar-refractivity contribution is 7.92. The van der Waals surface area contributed by atoms with Gasteiger partial charge in [0.25, 0.3) is 10.0 Å². The van der Waals surface area contributed by atoms with Gasteiger partial charge in [-0.1, -0.05) is 54.6 Å². The summed E-state index contributed by atoms with van der Waals surface area (Å²) in [4.78, 5) is 29.2. The van der Waals surface area contributed by atoms with Gasteiger partial charge in [-0.15, -0.1) is 0 Å². The molecule has 1 N–H and O–H groups in total. The molecule has 1 unspecified atom stereocenters. The van der Waals surface area contributed by atoms with Gasteiger partial charge in [0.05, 0.1) is 24.8 Å². The van der Waals surface area contributed by atoms with Crippen molar-refractivity contribution in [2.45, 2.75) is 76.4 Å². The van der Waals surface area contributed by atoms with Crippen molar-refractivity contribution in [3.8, 4) is 11.5 Å². The van der Waals surface area contributed by atoms with Gasteiger partial charge in [-0.05, 0) is 86.7 Å². The molecule has 0 bridgehead atoms. The summed E-state index contributed by atoms with van der Waals surface area (Å²) in [6.07, 6.45) is 4.94. The highest BCUT2D eigenvalue weighted by Crippen LogP contribution is 2.33. The summed E-state index contributed by atoms with van der Waals surface area (Å²) in [5.74, 6) is -0.312. The van der Waals surface area contributed by atoms with Crippen molar-refractivity contribution in [3.63, 3.8) is 0 Å². The number of benzene rings is 3. The van der Waals surface area contributed by atoms with Gasteiger partial charge in [0.1, 0.15) is 12.6 Å². The number of methoxy groups -OCH3 is 2. The number of hydrogen-bond acceptors (Lipinski definition) is 6. The van der Waals surface area contributed by atoms with E-state index in [1.165, 1.54) is 37.3 Å². The fraction of sp³-hybridized carbons (Fsp3) is 0.412. The first-order valence-corrected chi connectivity index (χ1v) is 17.4. The molecule has 3 aromatic carbocycles. The second kappa shape index (κ2) is 15.4. The summed E-state index contributed by atoms with van der Waals surface area (Å²) in [5, 5.41) is 3.85. The average Bonchev–Trinajstić information content (AvgIpc) is 3.02. The zero-order chi connectivity index (χ0) is 33.6. The fourth-order valence-corrected chi connectivity index (χ4v) is 7.59. The number of aryl methyl sites for hydroxylation is 2. The van der Waals surface area contributed by atoms with Crippen LogP contribution in [0.1, 0.15) is 55.7 Å². The van der Waals surface area contributed by atoms with Gasteiger partial charge in [0, 0.05) is 28.7 Å². The van der Waals surface area contributed by atoms with Crippen molar-refractivity contribution in [1.82, 2.24) is 10.2 Å². The van der Waals surface area contributed by atoms with Gasteiger partial charge in [-0.25, -0.2) is 8.42 Å². The Morgan fingerprint density at radius 2 is 1.57 bits per heavy atom. The lowest BCUT2D eigenvalue weighted by Crippen LogP contribution is -2.53. The van der Waals surface area contributed by atoms with Crippen LogP contribution in [-0.2, 0) is 26.2 Å². The summed E-state index contributed by atoms with van der Waals surface area (Å²) in [7, 11) is -1.45. The highest BCUT2D eigenvalue weighted by Gasteiger charge is 2.34. The molecule has 0 heterocycles. The maximum Gasteiger partial charge on any atom is 0.264 e. The minimum absolute atomic E-state index is 0.0250. The molecule has 0 aromatic heterocycles. The zero-order valence-corrected chi connectivity index (χ0v) is 29.1. The predicted octanol–water partition coefficient (Wildman–Crippen LogP) is 6.69. The number of carbonyl (C=O) groups is 2. The molecule has 0 saturated heterocycles. The van der Waals surface area contributed by atoms with Crippen LogP contribution >= 0.6 is 23.2 Å². The van der Waals surface area contributed by atoms with Gasteiger partial charge in [-0.2, -0.15) is 0 Å². The third-order valence-corrected chi connectivity index (χ3v) is 10.5. The standard InChI is InChI=1S/C34H41Cl2N3O6S/c1-22-15-23(2)17-28(16-22)39(46(42,43)29-13-14-31(44-4)32(19-29)45-5)21-33(40)38(20-25-11-12-26(35)18-30(25)36)24(3)34(41)37-27-9-7-6-8-10-27/h11-19,24,27H,6-10,20-21H2,1-5H3,(H,37,41). The lowest BCUT2D eigenvalue weighted by molar-refractivity contribution is -0.139. The molecular formula is C34H41Cl2N3O6S. The van der Waals surface area contributed by atoms with E-state index in [1.807, 2.05) is 19.9 Å². The van der Waals surface area contributed by atoms with Crippen molar-refractivity contribution in [2.75, 3.05) is 25.1 Å². The lowest BCUT2D eigenvalue weighted by atomic mass is 9.95. The maximum atomic E-state index is 14.3. The molecule has 248 valence electrons. The van der Waals surface area contributed by atoms with E-state index in [0.717, 1.165) is 47.5 Å². The van der Waals surface area contributed by atoms with Crippen LogP contribution in [0, 0.1) is 13.8 Å². The van der Waals surface area contributed by atoms with Crippen LogP contribution in [0.3, 0.4) is 0 Å². The summed E-state index contributed by atoms with van der Waals surface area (Å²) in [5.41, 5.74) is 2.52. The van der Waals surface area contributed by atoms with Crippen molar-refractivity contribution >= 4 is 50.7 Å². The van der Waals surface area contributed by atoms with E-state index in [2.05, 4.69) is 5.32 Å². The number of sulfonamides is 1. The van der Waals surface area contributed by atoms with E-state index < -0.39 is 28.5 Å². The molecule has 4 rings (SSSR count). The normalized spacial score (nSPS) is 14.3. The molecule has 2 amide bonds. The molecule has 1 atom stereocenters. The van der Waals surface area contributed by atoms with E-state index in [9.17, 15) is 18.0 Å². The summed E-state index contributed by atoms with van der Waals surface area (Å²) in [6, 6.07) is 13.6. The second-order valence-corrected chi connectivity index (χ2v) is 14.4. The molecule has 1 fully saturated rings. The van der Waals surface area contributed by atoms with Gasteiger partial charge >= 0.3 is 0 Å². The summed E-state index contributed by atoms with van der Waals surface area (Å²) < 4.78 is 40.4. The SMILES string of the molecule is COc1ccc(S(=O)(=O)N(CC(=O)N(Cc2ccc(Cl)cc2Cl)C(C)C(=O)NC2CCCCC2)c2cc(C)cc(C)c2)cc1OC. The Morgan fingerprint density at radius 1 is 0.913 bits per heavy atom. The van der Waals surface area contributed by atoms with Crippen LogP contribution in [0.25, 0.3) is 0 Å². The minimum Gasteiger partial charge on any atom is -0.493 e. The Morgan fingerprint density at radius 3 is 2.17 bits per heavy atom. The van der Waals surface area contributed by atoms with Gasteiger partial charge < -0.3 is 19.7 Å². The number of nitrogens with one attached hydrogen (secondary N) is 1. The van der Waals surface area contributed by atoms with Gasteiger partial charge in [0.2, 0.25) is 11.8 Å². The Labute approximate surface area is 281 Å². The zero-order valence-electron chi connectivity index (χ0n) is 26.8. The number of amides is 2. The monoisotopic (exact) mass is 689 g/mol. The van der Waals surface area contributed by atoms with Gasteiger partial charge in [0.15, 0.2) is 11.5 Å². The first kappa shape index (κ1) is 35.4. The third-order valence-electron chi connectivity index (χ3n) is 8.19. The molecule has 1 saturated carbocycles. The third kappa shape index (κ3) is 8.46. The van der Waals surface area contributed by atoms with Crippen LogP contribution in [0.15, 0.2) is 59.5 Å². The summed E-state index contributed by atoms with van der Waals surface area (Å²) >= 11 is 12.6. The molecule has 46 heavy (non-hydrogen) atoms. The van der Waals surface area contributed by atoms with E-state index in [1.54, 1.807) is 37.3 Å². The predicted molar refractivity (Wildman–Crippen MR) is 181 cm³/mol. The van der Waals surface area contributed by atoms with Gasteiger partial charge in [-0.3, -0.25) is 13.9 Å². The molecule has 0 aliphatic heterocycles. The Kier molecular flexibility index (Phi) is 11.9. The molecule has 3 aromatic rings. The smallest absolute Gasteiger partial charge is 0.264 e. The number of anilines is 1. The minimum atomic E-state index is -4.32. The van der Waals surface area contributed by atoms with Crippen molar-refractivity contribution in [1.29, 1.82) is 0 Å². The number of carbonyl (C=O) groups excluding carboxylic acids is 2. The molecule has 0 radical (unpaired) electrons. The first-order chi connectivity index (χ1) is 21.8. The van der Waals surface area contributed by atoms with Crippen LogP contribution in [0.5, 0.6) is 11.5 Å². The second-order valence-electron chi connectivity index (χ2n) is 11.7. The van der Waals surface area contributed by atoms with Crippen molar-refractivity contribution in [2.24, 2.45) is 0 Å². The largest absolute Gasteiger partial charge is 0.493 e. The maximum absolute atomic E-state index is 14.3. The topological polar surface area (TPSA) is 105 Å². The van der Waals surface area contributed by atoms with Crippen LogP contribution in [-0.4, -0.2) is 58.0 Å². The molecule has 0 spiro atoms.